The second-order valence-corrected chi connectivity index (χ2v) is 4.55. The topological polar surface area (TPSA) is 95.6 Å². The number of nitrogens with zero attached hydrogens (tertiary/aromatic N) is 3. The highest BCUT2D eigenvalue weighted by molar-refractivity contribution is 5.95. The number of nitrogens with one attached hydrogen (secondary N) is 3. The first kappa shape index (κ1) is 13.0. The van der Waals surface area contributed by atoms with Crippen LogP contribution in [-0.2, 0) is 0 Å². The van der Waals surface area contributed by atoms with Crippen LogP contribution < -0.4 is 10.6 Å². The second kappa shape index (κ2) is 5.20. The summed E-state index contributed by atoms with van der Waals surface area (Å²) in [5.41, 5.74) is 3.66. The van der Waals surface area contributed by atoms with Crippen molar-refractivity contribution >= 4 is 28.4 Å². The predicted octanol–water partition coefficient (Wildman–Crippen LogP) is 1.76. The summed E-state index contributed by atoms with van der Waals surface area (Å²) in [6, 6.07) is 7.17. The maximum Gasteiger partial charge on any atom is 0.251 e. The highest BCUT2D eigenvalue weighted by Gasteiger charge is 2.10. The van der Waals surface area contributed by atoms with E-state index in [2.05, 4.69) is 30.8 Å². The monoisotopic (exact) mass is 282 g/mol. The van der Waals surface area contributed by atoms with Crippen molar-refractivity contribution in [2.24, 2.45) is 0 Å². The Morgan fingerprint density at radius 3 is 2.90 bits per heavy atom. The van der Waals surface area contributed by atoms with E-state index in [0.29, 0.717) is 16.9 Å². The fourth-order valence-electron chi connectivity index (χ4n) is 2.06. The molecule has 2 aromatic heterocycles. The van der Waals surface area contributed by atoms with Gasteiger partial charge in [-0.05, 0) is 25.1 Å². The van der Waals surface area contributed by atoms with Gasteiger partial charge in [0.15, 0.2) is 11.3 Å². The number of H-pyrrole nitrogens is 1. The Hall–Kier alpha value is -2.96. The molecule has 0 bridgehead atoms. The first-order valence-electron chi connectivity index (χ1n) is 6.44. The molecule has 2 heterocycles. The lowest BCUT2D eigenvalue weighted by atomic mass is 10.2. The number of fused-ring (bicyclic) bond motifs is 1. The quantitative estimate of drug-likeness (QED) is 0.680. The second-order valence-electron chi connectivity index (χ2n) is 4.55. The van der Waals surface area contributed by atoms with Gasteiger partial charge in [0.1, 0.15) is 11.8 Å². The number of aromatic nitrogens is 4. The third-order valence-electron chi connectivity index (χ3n) is 3.13. The van der Waals surface area contributed by atoms with Crippen LogP contribution in [0.3, 0.4) is 0 Å². The first-order valence-corrected chi connectivity index (χ1v) is 6.44. The fourth-order valence-corrected chi connectivity index (χ4v) is 2.06. The van der Waals surface area contributed by atoms with Crippen molar-refractivity contribution in [1.82, 2.24) is 25.5 Å². The first-order chi connectivity index (χ1) is 10.2. The minimum Gasteiger partial charge on any atom is -0.355 e. The largest absolute Gasteiger partial charge is 0.355 e. The van der Waals surface area contributed by atoms with Crippen molar-refractivity contribution in [2.45, 2.75) is 6.92 Å². The van der Waals surface area contributed by atoms with Crippen LogP contribution in [0.4, 0.5) is 11.5 Å². The summed E-state index contributed by atoms with van der Waals surface area (Å²) in [6.07, 6.45) is 1.48. The molecule has 0 atom stereocenters. The summed E-state index contributed by atoms with van der Waals surface area (Å²) >= 11 is 0. The number of carbonyl (C=O) groups is 1. The molecule has 0 spiro atoms. The van der Waals surface area contributed by atoms with Crippen LogP contribution in [0.5, 0.6) is 0 Å². The number of aryl methyl sites for hydroxylation is 1. The molecule has 3 aromatic rings. The smallest absolute Gasteiger partial charge is 0.251 e. The lowest BCUT2D eigenvalue weighted by Gasteiger charge is -2.07. The Morgan fingerprint density at radius 1 is 1.24 bits per heavy atom. The normalized spacial score (nSPS) is 10.6. The van der Waals surface area contributed by atoms with Gasteiger partial charge in [-0.2, -0.15) is 5.10 Å². The van der Waals surface area contributed by atoms with Gasteiger partial charge in [0.05, 0.1) is 5.69 Å². The summed E-state index contributed by atoms with van der Waals surface area (Å²) in [6.45, 7) is 1.90. The average Bonchev–Trinajstić information content (AvgIpc) is 2.89. The summed E-state index contributed by atoms with van der Waals surface area (Å²) in [5, 5.41) is 12.8. The van der Waals surface area contributed by atoms with Crippen LogP contribution in [-0.4, -0.2) is 33.1 Å². The Kier molecular flexibility index (Phi) is 3.23. The zero-order valence-corrected chi connectivity index (χ0v) is 11.6. The molecule has 0 unspecified atom stereocenters. The zero-order chi connectivity index (χ0) is 14.8. The molecule has 21 heavy (non-hydrogen) atoms. The van der Waals surface area contributed by atoms with Crippen LogP contribution in [0.1, 0.15) is 16.1 Å². The van der Waals surface area contributed by atoms with E-state index in [1.165, 1.54) is 6.33 Å². The predicted molar refractivity (Wildman–Crippen MR) is 79.5 cm³/mol. The van der Waals surface area contributed by atoms with Crippen LogP contribution >= 0.6 is 0 Å². The molecule has 7 heteroatoms. The Balaban J connectivity index is 1.97. The van der Waals surface area contributed by atoms with E-state index in [4.69, 9.17) is 0 Å². The number of carbonyl (C=O) groups excluding carboxylic acids is 1. The number of benzene rings is 1. The van der Waals surface area contributed by atoms with Gasteiger partial charge in [-0.15, -0.1) is 0 Å². The van der Waals surface area contributed by atoms with Crippen molar-refractivity contribution < 1.29 is 4.79 Å². The van der Waals surface area contributed by atoms with Crippen molar-refractivity contribution in [1.29, 1.82) is 0 Å². The van der Waals surface area contributed by atoms with E-state index in [-0.39, 0.29) is 5.91 Å². The van der Waals surface area contributed by atoms with Crippen LogP contribution in [0, 0.1) is 6.92 Å². The molecule has 3 rings (SSSR count). The number of amides is 1. The molecular formula is C14H14N6O. The fraction of sp³-hybridized carbons (Fsp3) is 0.143. The Bertz CT molecular complexity index is 810. The van der Waals surface area contributed by atoms with Gasteiger partial charge in [0.2, 0.25) is 0 Å². The van der Waals surface area contributed by atoms with Gasteiger partial charge in [-0.1, -0.05) is 6.07 Å². The third kappa shape index (κ3) is 2.40. The molecule has 0 saturated heterocycles. The van der Waals surface area contributed by atoms with Gasteiger partial charge in [0, 0.05) is 18.3 Å². The molecule has 0 aliphatic carbocycles. The molecule has 7 nitrogen and oxygen atoms in total. The van der Waals surface area contributed by atoms with Crippen molar-refractivity contribution in [3.8, 4) is 0 Å². The third-order valence-corrected chi connectivity index (χ3v) is 3.13. The van der Waals surface area contributed by atoms with E-state index >= 15 is 0 Å². The van der Waals surface area contributed by atoms with Crippen LogP contribution in [0.2, 0.25) is 0 Å². The Labute approximate surface area is 120 Å². The number of anilines is 2. The summed E-state index contributed by atoms with van der Waals surface area (Å²) < 4.78 is 0. The van der Waals surface area contributed by atoms with Gasteiger partial charge in [0.25, 0.3) is 5.91 Å². The number of rotatable bonds is 3. The van der Waals surface area contributed by atoms with E-state index in [1.807, 2.05) is 13.0 Å². The summed E-state index contributed by atoms with van der Waals surface area (Å²) in [5.74, 6) is 0.459. The lowest BCUT2D eigenvalue weighted by molar-refractivity contribution is 0.0963. The molecule has 0 fully saturated rings. The van der Waals surface area contributed by atoms with Crippen molar-refractivity contribution in [3.63, 3.8) is 0 Å². The summed E-state index contributed by atoms with van der Waals surface area (Å²) in [7, 11) is 1.60. The SMILES string of the molecule is CNC(=O)c1cccc(Nc2ncnc3c(C)[nH]nc23)c1. The van der Waals surface area contributed by atoms with E-state index in [0.717, 1.165) is 16.9 Å². The molecule has 3 N–H and O–H groups in total. The van der Waals surface area contributed by atoms with Gasteiger partial charge < -0.3 is 10.6 Å². The van der Waals surface area contributed by atoms with Gasteiger partial charge in [-0.3, -0.25) is 9.89 Å². The van der Waals surface area contributed by atoms with Crippen LogP contribution in [0.25, 0.3) is 11.0 Å². The molecular weight excluding hydrogens is 268 g/mol. The van der Waals surface area contributed by atoms with Crippen molar-refractivity contribution in [3.05, 3.63) is 41.9 Å². The number of hydrogen-bond donors (Lipinski definition) is 3. The summed E-state index contributed by atoms with van der Waals surface area (Å²) in [4.78, 5) is 20.0. The van der Waals surface area contributed by atoms with Gasteiger partial charge in [-0.25, -0.2) is 9.97 Å². The van der Waals surface area contributed by atoms with Crippen molar-refractivity contribution in [2.75, 3.05) is 12.4 Å². The molecule has 106 valence electrons. The average molecular weight is 282 g/mol. The molecule has 0 saturated carbocycles. The molecule has 1 amide bonds. The molecule has 0 aliphatic heterocycles. The van der Waals surface area contributed by atoms with E-state index in [1.54, 1.807) is 25.2 Å². The maximum atomic E-state index is 11.7. The molecule has 0 radical (unpaired) electrons. The minimum atomic E-state index is -0.137. The maximum absolute atomic E-state index is 11.7. The zero-order valence-electron chi connectivity index (χ0n) is 11.6. The highest BCUT2D eigenvalue weighted by atomic mass is 16.1. The van der Waals surface area contributed by atoms with E-state index in [9.17, 15) is 4.79 Å². The lowest BCUT2D eigenvalue weighted by Crippen LogP contribution is -2.17. The minimum absolute atomic E-state index is 0.137. The Morgan fingerprint density at radius 2 is 2.10 bits per heavy atom. The number of hydrogen-bond acceptors (Lipinski definition) is 5. The standard InChI is InChI=1S/C14H14N6O/c1-8-11-12(20-19-8)13(17-7-16-11)18-10-5-3-4-9(6-10)14(21)15-2/h3-7H,1-2H3,(H,15,21)(H,19,20)(H,16,17,18). The highest BCUT2D eigenvalue weighted by Crippen LogP contribution is 2.22. The molecule has 1 aromatic carbocycles. The van der Waals surface area contributed by atoms with Gasteiger partial charge >= 0.3 is 0 Å². The number of aromatic amines is 1. The van der Waals surface area contributed by atoms with Crippen LogP contribution in [0.15, 0.2) is 30.6 Å². The van der Waals surface area contributed by atoms with E-state index < -0.39 is 0 Å². The molecule has 0 aliphatic rings.